The van der Waals surface area contributed by atoms with Gasteiger partial charge in [-0.05, 0) is 48.5 Å². The molecule has 4 rings (SSSR count). The number of imidazole rings is 1. The summed E-state index contributed by atoms with van der Waals surface area (Å²) in [5.74, 6) is 1.51. The molecule has 4 aromatic rings. The van der Waals surface area contributed by atoms with Gasteiger partial charge >= 0.3 is 0 Å². The summed E-state index contributed by atoms with van der Waals surface area (Å²) in [7, 11) is 0. The lowest BCUT2D eigenvalue weighted by Gasteiger charge is -2.00. The lowest BCUT2D eigenvalue weighted by atomic mass is 10.2. The second-order valence-electron chi connectivity index (χ2n) is 5.23. The normalized spacial score (nSPS) is 11.4. The Morgan fingerprint density at radius 1 is 0.958 bits per heavy atom. The minimum absolute atomic E-state index is 0.655. The average Bonchev–Trinajstić information content (AvgIpc) is 3.00. The Labute approximate surface area is 144 Å². The van der Waals surface area contributed by atoms with Crippen molar-refractivity contribution < 1.29 is 0 Å². The molecule has 0 amide bonds. The number of halogens is 1. The zero-order valence-corrected chi connectivity index (χ0v) is 13.4. The van der Waals surface area contributed by atoms with Crippen molar-refractivity contribution in [3.8, 4) is 11.4 Å². The topological polar surface area (TPSA) is 42.5 Å². The van der Waals surface area contributed by atoms with Crippen LogP contribution in [-0.2, 0) is 0 Å². The average molecular weight is 333 g/mol. The molecule has 0 saturated heterocycles. The van der Waals surface area contributed by atoms with Crippen LogP contribution in [0.3, 0.4) is 0 Å². The Hall–Kier alpha value is -2.98. The molecule has 0 aliphatic heterocycles. The SMILES string of the molecule is Clc1ccc(-c2nc(C=Nc3ccccn3)c3ccccn23)cc1. The fraction of sp³-hybridized carbons (Fsp3) is 0. The Kier molecular flexibility index (Phi) is 3.81. The van der Waals surface area contributed by atoms with Crippen molar-refractivity contribution >= 4 is 29.2 Å². The minimum atomic E-state index is 0.655. The standard InChI is InChI=1S/C19H13ClN4/c20-15-9-7-14(8-10-15)19-23-16(17-5-2-4-12-24(17)19)13-22-18-6-1-3-11-21-18/h1-13H. The molecule has 0 atom stereocenters. The van der Waals surface area contributed by atoms with E-state index in [-0.39, 0.29) is 0 Å². The summed E-state index contributed by atoms with van der Waals surface area (Å²) >= 11 is 5.98. The van der Waals surface area contributed by atoms with E-state index in [4.69, 9.17) is 16.6 Å². The van der Waals surface area contributed by atoms with Crippen molar-refractivity contribution in [2.45, 2.75) is 0 Å². The maximum Gasteiger partial charge on any atom is 0.151 e. The zero-order valence-electron chi connectivity index (χ0n) is 12.7. The van der Waals surface area contributed by atoms with Gasteiger partial charge in [0, 0.05) is 23.0 Å². The number of hydrogen-bond donors (Lipinski definition) is 0. The van der Waals surface area contributed by atoms with Crippen LogP contribution in [0.2, 0.25) is 5.02 Å². The van der Waals surface area contributed by atoms with Crippen molar-refractivity contribution in [1.82, 2.24) is 14.4 Å². The molecule has 0 saturated carbocycles. The molecule has 1 aromatic carbocycles. The fourth-order valence-corrected chi connectivity index (χ4v) is 2.64. The van der Waals surface area contributed by atoms with Crippen LogP contribution < -0.4 is 0 Å². The van der Waals surface area contributed by atoms with Crippen molar-refractivity contribution in [3.63, 3.8) is 0 Å². The van der Waals surface area contributed by atoms with Crippen LogP contribution in [0.25, 0.3) is 16.9 Å². The van der Waals surface area contributed by atoms with Crippen LogP contribution in [0.5, 0.6) is 0 Å². The Bertz CT molecular complexity index is 1000. The van der Waals surface area contributed by atoms with Gasteiger partial charge in [-0.2, -0.15) is 0 Å². The molecule has 3 aromatic heterocycles. The summed E-state index contributed by atoms with van der Waals surface area (Å²) in [6, 6.07) is 19.3. The quantitative estimate of drug-likeness (QED) is 0.506. The molecule has 116 valence electrons. The third-order valence-corrected chi connectivity index (χ3v) is 3.90. The molecule has 0 unspecified atom stereocenters. The highest BCUT2D eigenvalue weighted by Gasteiger charge is 2.11. The maximum atomic E-state index is 5.98. The largest absolute Gasteiger partial charge is 0.299 e. The molecule has 0 radical (unpaired) electrons. The summed E-state index contributed by atoms with van der Waals surface area (Å²) in [6.07, 6.45) is 5.46. The number of pyridine rings is 2. The summed E-state index contributed by atoms with van der Waals surface area (Å²) in [6.45, 7) is 0. The summed E-state index contributed by atoms with van der Waals surface area (Å²) in [5, 5.41) is 0.705. The van der Waals surface area contributed by atoms with Crippen LogP contribution >= 0.6 is 11.6 Å². The highest BCUT2D eigenvalue weighted by atomic mass is 35.5. The van der Waals surface area contributed by atoms with E-state index in [2.05, 4.69) is 9.98 Å². The number of aromatic nitrogens is 3. The number of nitrogens with zero attached hydrogens (tertiary/aromatic N) is 4. The molecule has 3 heterocycles. The zero-order chi connectivity index (χ0) is 16.4. The van der Waals surface area contributed by atoms with Crippen molar-refractivity contribution in [3.05, 3.63) is 83.8 Å². The molecule has 0 fully saturated rings. The first-order chi connectivity index (χ1) is 11.8. The van der Waals surface area contributed by atoms with Gasteiger partial charge in [-0.15, -0.1) is 0 Å². The maximum absolute atomic E-state index is 5.98. The highest BCUT2D eigenvalue weighted by Crippen LogP contribution is 2.23. The number of rotatable bonds is 3. The Morgan fingerprint density at radius 3 is 2.58 bits per heavy atom. The van der Waals surface area contributed by atoms with Gasteiger partial charge in [-0.25, -0.2) is 15.0 Å². The van der Waals surface area contributed by atoms with Gasteiger partial charge in [0.05, 0.1) is 11.7 Å². The summed E-state index contributed by atoms with van der Waals surface area (Å²) in [4.78, 5) is 13.4. The van der Waals surface area contributed by atoms with Gasteiger partial charge < -0.3 is 0 Å². The Balaban J connectivity index is 1.82. The minimum Gasteiger partial charge on any atom is -0.299 e. The lowest BCUT2D eigenvalue weighted by Crippen LogP contribution is -1.87. The molecule has 0 bridgehead atoms. The van der Waals surface area contributed by atoms with Gasteiger partial charge in [0.15, 0.2) is 5.82 Å². The van der Waals surface area contributed by atoms with Gasteiger partial charge in [-0.3, -0.25) is 4.40 Å². The third-order valence-electron chi connectivity index (χ3n) is 3.65. The first-order valence-corrected chi connectivity index (χ1v) is 7.87. The highest BCUT2D eigenvalue weighted by molar-refractivity contribution is 6.30. The fourth-order valence-electron chi connectivity index (χ4n) is 2.52. The van der Waals surface area contributed by atoms with Crippen molar-refractivity contribution in [2.75, 3.05) is 0 Å². The van der Waals surface area contributed by atoms with Crippen LogP contribution in [0.1, 0.15) is 5.69 Å². The van der Waals surface area contributed by atoms with Crippen LogP contribution in [0.15, 0.2) is 78.0 Å². The van der Waals surface area contributed by atoms with Gasteiger partial charge in [-0.1, -0.05) is 23.7 Å². The number of benzene rings is 1. The summed E-state index contributed by atoms with van der Waals surface area (Å²) in [5.41, 5.74) is 2.78. The van der Waals surface area contributed by atoms with Gasteiger partial charge in [0.1, 0.15) is 11.5 Å². The number of fused-ring (bicyclic) bond motifs is 1. The van der Waals surface area contributed by atoms with E-state index in [0.29, 0.717) is 10.8 Å². The molecular formula is C19H13ClN4. The smallest absolute Gasteiger partial charge is 0.151 e. The molecule has 24 heavy (non-hydrogen) atoms. The monoisotopic (exact) mass is 332 g/mol. The van der Waals surface area contributed by atoms with Gasteiger partial charge in [0.25, 0.3) is 0 Å². The van der Waals surface area contributed by atoms with Crippen LogP contribution in [0, 0.1) is 0 Å². The number of aliphatic imine (C=N–C) groups is 1. The molecule has 0 spiro atoms. The first kappa shape index (κ1) is 14.6. The second-order valence-corrected chi connectivity index (χ2v) is 5.67. The molecule has 0 N–H and O–H groups in total. The van der Waals surface area contributed by atoms with E-state index in [1.165, 1.54) is 0 Å². The predicted molar refractivity (Wildman–Crippen MR) is 97.1 cm³/mol. The molecule has 0 aliphatic carbocycles. The molecule has 0 aliphatic rings. The van der Waals surface area contributed by atoms with Crippen LogP contribution in [-0.4, -0.2) is 20.6 Å². The molecule has 5 heteroatoms. The van der Waals surface area contributed by atoms with E-state index in [0.717, 1.165) is 22.6 Å². The molecular weight excluding hydrogens is 320 g/mol. The second kappa shape index (κ2) is 6.26. The first-order valence-electron chi connectivity index (χ1n) is 7.49. The summed E-state index contributed by atoms with van der Waals surface area (Å²) < 4.78 is 2.04. The van der Waals surface area contributed by atoms with Crippen molar-refractivity contribution in [2.24, 2.45) is 4.99 Å². The van der Waals surface area contributed by atoms with E-state index >= 15 is 0 Å². The molecule has 4 nitrogen and oxygen atoms in total. The van der Waals surface area contributed by atoms with Crippen LogP contribution in [0.4, 0.5) is 5.82 Å². The van der Waals surface area contributed by atoms with Crippen molar-refractivity contribution in [1.29, 1.82) is 0 Å². The van der Waals surface area contributed by atoms with E-state index < -0.39 is 0 Å². The lowest BCUT2D eigenvalue weighted by molar-refractivity contribution is 1.16. The Morgan fingerprint density at radius 2 is 1.79 bits per heavy atom. The van der Waals surface area contributed by atoms with Gasteiger partial charge in [0.2, 0.25) is 0 Å². The third kappa shape index (κ3) is 2.79. The van der Waals surface area contributed by atoms with E-state index in [1.807, 2.05) is 71.3 Å². The van der Waals surface area contributed by atoms with E-state index in [1.54, 1.807) is 12.4 Å². The number of hydrogen-bond acceptors (Lipinski definition) is 3. The van der Waals surface area contributed by atoms with E-state index in [9.17, 15) is 0 Å². The predicted octanol–water partition coefficient (Wildman–Crippen LogP) is 4.80.